The normalized spacial score (nSPS) is 24.3. The summed E-state index contributed by atoms with van der Waals surface area (Å²) in [7, 11) is -3.16. The summed E-state index contributed by atoms with van der Waals surface area (Å²) in [5, 5.41) is 0.520. The summed E-state index contributed by atoms with van der Waals surface area (Å²) >= 11 is 5.73. The fourth-order valence-corrected chi connectivity index (χ4v) is 3.37. The molecular weight excluding hydrogens is 210 g/mol. The quantitative estimate of drug-likeness (QED) is 0.709. The Bertz CT molecular complexity index is 455. The average molecular weight is 218 g/mol. The summed E-state index contributed by atoms with van der Waals surface area (Å²) in [5.74, 6) is -0.0112. The highest BCUT2D eigenvalue weighted by Gasteiger charge is 2.32. The molecule has 2 N–H and O–H groups in total. The van der Waals surface area contributed by atoms with Crippen molar-refractivity contribution in [2.45, 2.75) is 10.9 Å². The van der Waals surface area contributed by atoms with Gasteiger partial charge in [-0.05, 0) is 23.8 Å². The third kappa shape index (κ3) is 1.35. The summed E-state index contributed by atoms with van der Waals surface area (Å²) in [4.78, 5) is 0.324. The second kappa shape index (κ2) is 2.70. The molecule has 1 aromatic rings. The van der Waals surface area contributed by atoms with Crippen LogP contribution in [0, 0.1) is 0 Å². The molecule has 13 heavy (non-hydrogen) atoms. The lowest BCUT2D eigenvalue weighted by molar-refractivity contribution is 0.598. The van der Waals surface area contributed by atoms with Gasteiger partial charge in [0, 0.05) is 11.1 Å². The molecule has 0 aromatic heterocycles. The number of rotatable bonds is 0. The van der Waals surface area contributed by atoms with Gasteiger partial charge in [0.05, 0.1) is 10.6 Å². The third-order valence-corrected chi connectivity index (χ3v) is 4.18. The van der Waals surface area contributed by atoms with Gasteiger partial charge in [-0.25, -0.2) is 8.42 Å². The first-order valence-electron chi connectivity index (χ1n) is 3.78. The van der Waals surface area contributed by atoms with E-state index >= 15 is 0 Å². The van der Waals surface area contributed by atoms with Crippen molar-refractivity contribution in [3.8, 4) is 0 Å². The Morgan fingerprint density at radius 3 is 2.85 bits per heavy atom. The molecule has 2 rings (SSSR count). The van der Waals surface area contributed by atoms with E-state index in [1.54, 1.807) is 12.1 Å². The van der Waals surface area contributed by atoms with Gasteiger partial charge in [-0.1, -0.05) is 11.6 Å². The predicted molar refractivity (Wildman–Crippen MR) is 50.4 cm³/mol. The molecule has 1 aromatic carbocycles. The maximum Gasteiger partial charge on any atom is 0.180 e. The number of sulfone groups is 1. The van der Waals surface area contributed by atoms with Crippen LogP contribution in [0.25, 0.3) is 0 Å². The highest BCUT2D eigenvalue weighted by Crippen LogP contribution is 2.33. The van der Waals surface area contributed by atoms with Gasteiger partial charge in [0.15, 0.2) is 9.84 Å². The number of halogens is 1. The largest absolute Gasteiger partial charge is 0.323 e. The monoisotopic (exact) mass is 217 g/mol. The van der Waals surface area contributed by atoms with Crippen molar-refractivity contribution in [1.29, 1.82) is 0 Å². The first kappa shape index (κ1) is 8.99. The van der Waals surface area contributed by atoms with E-state index in [1.807, 2.05) is 0 Å². The van der Waals surface area contributed by atoms with Crippen molar-refractivity contribution in [3.63, 3.8) is 0 Å². The van der Waals surface area contributed by atoms with Crippen LogP contribution < -0.4 is 5.73 Å². The fourth-order valence-electron chi connectivity index (χ4n) is 1.51. The first-order valence-corrected chi connectivity index (χ1v) is 5.81. The smallest absolute Gasteiger partial charge is 0.180 e. The van der Waals surface area contributed by atoms with Crippen molar-refractivity contribution >= 4 is 21.4 Å². The van der Waals surface area contributed by atoms with Gasteiger partial charge in [-0.3, -0.25) is 0 Å². The number of hydrogen-bond acceptors (Lipinski definition) is 3. The SMILES string of the molecule is NC1CS(=O)(=O)c2ccc(Cl)cc21. The summed E-state index contributed by atoms with van der Waals surface area (Å²) in [6, 6.07) is 4.26. The molecule has 70 valence electrons. The van der Waals surface area contributed by atoms with E-state index in [0.29, 0.717) is 15.5 Å². The molecule has 0 radical (unpaired) electrons. The van der Waals surface area contributed by atoms with E-state index in [4.69, 9.17) is 17.3 Å². The molecule has 5 heteroatoms. The van der Waals surface area contributed by atoms with Crippen LogP contribution in [0.15, 0.2) is 23.1 Å². The minimum absolute atomic E-state index is 0.0112. The minimum Gasteiger partial charge on any atom is -0.323 e. The molecule has 1 aliphatic heterocycles. The van der Waals surface area contributed by atoms with Gasteiger partial charge >= 0.3 is 0 Å². The van der Waals surface area contributed by atoms with Gasteiger partial charge in [0.25, 0.3) is 0 Å². The zero-order valence-electron chi connectivity index (χ0n) is 6.70. The van der Waals surface area contributed by atoms with E-state index in [-0.39, 0.29) is 5.75 Å². The summed E-state index contributed by atoms with van der Waals surface area (Å²) in [5.41, 5.74) is 6.28. The van der Waals surface area contributed by atoms with E-state index in [0.717, 1.165) is 0 Å². The molecule has 0 fully saturated rings. The highest BCUT2D eigenvalue weighted by molar-refractivity contribution is 7.91. The molecule has 0 amide bonds. The lowest BCUT2D eigenvalue weighted by Gasteiger charge is -2.01. The zero-order valence-corrected chi connectivity index (χ0v) is 8.27. The van der Waals surface area contributed by atoms with Crippen LogP contribution in [0.2, 0.25) is 5.02 Å². The topological polar surface area (TPSA) is 60.2 Å². The van der Waals surface area contributed by atoms with E-state index in [2.05, 4.69) is 0 Å². The zero-order chi connectivity index (χ0) is 9.64. The van der Waals surface area contributed by atoms with Gasteiger partial charge in [0.2, 0.25) is 0 Å². The number of nitrogens with two attached hydrogens (primary N) is 1. The van der Waals surface area contributed by atoms with Crippen molar-refractivity contribution in [2.24, 2.45) is 5.73 Å². The molecule has 3 nitrogen and oxygen atoms in total. The lowest BCUT2D eigenvalue weighted by atomic mass is 10.1. The van der Waals surface area contributed by atoms with Crippen LogP contribution in [0.3, 0.4) is 0 Å². The van der Waals surface area contributed by atoms with Gasteiger partial charge < -0.3 is 5.73 Å². The second-order valence-electron chi connectivity index (χ2n) is 3.07. The maximum atomic E-state index is 11.5. The second-order valence-corrected chi connectivity index (χ2v) is 5.51. The third-order valence-electron chi connectivity index (χ3n) is 2.11. The number of benzene rings is 1. The van der Waals surface area contributed by atoms with Gasteiger partial charge in [0.1, 0.15) is 0 Å². The van der Waals surface area contributed by atoms with E-state index < -0.39 is 15.9 Å². The summed E-state index contributed by atoms with van der Waals surface area (Å²) in [6.45, 7) is 0. The molecule has 1 heterocycles. The molecule has 0 bridgehead atoms. The first-order chi connectivity index (χ1) is 6.00. The molecule has 0 saturated carbocycles. The Morgan fingerprint density at radius 1 is 1.46 bits per heavy atom. The Morgan fingerprint density at radius 2 is 2.15 bits per heavy atom. The number of hydrogen-bond donors (Lipinski definition) is 1. The minimum atomic E-state index is -3.16. The molecular formula is C8H8ClNO2S. The van der Waals surface area contributed by atoms with Crippen LogP contribution in [-0.4, -0.2) is 14.2 Å². The van der Waals surface area contributed by atoms with Crippen LogP contribution in [0.1, 0.15) is 11.6 Å². The van der Waals surface area contributed by atoms with Crippen LogP contribution in [0.5, 0.6) is 0 Å². The predicted octanol–water partition coefficient (Wildman–Crippen LogP) is 1.13. The standard InChI is InChI=1S/C8H8ClNO2S/c9-5-1-2-8-6(3-5)7(10)4-13(8,11)12/h1-3,7H,4,10H2. The Labute approximate surface area is 81.4 Å². The highest BCUT2D eigenvalue weighted by atomic mass is 35.5. The van der Waals surface area contributed by atoms with Crippen molar-refractivity contribution in [3.05, 3.63) is 28.8 Å². The molecule has 1 atom stereocenters. The van der Waals surface area contributed by atoms with Gasteiger partial charge in [-0.15, -0.1) is 0 Å². The van der Waals surface area contributed by atoms with Crippen LogP contribution in [0.4, 0.5) is 0 Å². The van der Waals surface area contributed by atoms with Crippen molar-refractivity contribution in [2.75, 3.05) is 5.75 Å². The molecule has 1 unspecified atom stereocenters. The van der Waals surface area contributed by atoms with Crippen molar-refractivity contribution < 1.29 is 8.42 Å². The summed E-state index contributed by atoms with van der Waals surface area (Å²) < 4.78 is 22.9. The molecule has 0 saturated heterocycles. The number of fused-ring (bicyclic) bond motifs is 1. The van der Waals surface area contributed by atoms with E-state index in [1.165, 1.54) is 6.07 Å². The lowest BCUT2D eigenvalue weighted by Crippen LogP contribution is -2.11. The fraction of sp³-hybridized carbons (Fsp3) is 0.250. The van der Waals surface area contributed by atoms with Crippen molar-refractivity contribution in [1.82, 2.24) is 0 Å². The molecule has 0 aliphatic carbocycles. The van der Waals surface area contributed by atoms with Crippen LogP contribution in [-0.2, 0) is 9.84 Å². The Balaban J connectivity index is 2.73. The maximum absolute atomic E-state index is 11.5. The molecule has 0 spiro atoms. The van der Waals surface area contributed by atoms with Crippen LogP contribution >= 0.6 is 11.6 Å². The summed E-state index contributed by atoms with van der Waals surface area (Å²) in [6.07, 6.45) is 0. The Hall–Kier alpha value is -0.580. The van der Waals surface area contributed by atoms with Gasteiger partial charge in [-0.2, -0.15) is 0 Å². The molecule has 1 aliphatic rings. The van der Waals surface area contributed by atoms with E-state index in [9.17, 15) is 8.42 Å². The Kier molecular flexibility index (Phi) is 1.87. The average Bonchev–Trinajstić information content (AvgIpc) is 2.22.